The fourth-order valence-corrected chi connectivity index (χ4v) is 5.00. The molecule has 1 atom stereocenters. The summed E-state index contributed by atoms with van der Waals surface area (Å²) in [6.07, 6.45) is 3.97. The summed E-state index contributed by atoms with van der Waals surface area (Å²) in [4.78, 5) is 48.9. The molecule has 4 rings (SSSR count). The first kappa shape index (κ1) is 24.6. The van der Waals surface area contributed by atoms with Crippen molar-refractivity contribution in [3.63, 3.8) is 0 Å². The number of hydrogen-bond donors (Lipinski definition) is 2. The third-order valence-electron chi connectivity index (χ3n) is 5.75. The van der Waals surface area contributed by atoms with Gasteiger partial charge in [-0.05, 0) is 50.5 Å². The zero-order chi connectivity index (χ0) is 24.8. The molecule has 1 aliphatic heterocycles. The molecule has 0 unspecified atom stereocenters. The molecule has 3 aromatic rings. The van der Waals surface area contributed by atoms with E-state index in [9.17, 15) is 14.4 Å². The molecule has 0 saturated carbocycles. The number of aromatic nitrogens is 3. The highest BCUT2D eigenvalue weighted by atomic mass is 32.1. The number of nitrogens with one attached hydrogen (secondary N) is 2. The van der Waals surface area contributed by atoms with E-state index in [-0.39, 0.29) is 29.8 Å². The van der Waals surface area contributed by atoms with E-state index in [2.05, 4.69) is 25.5 Å². The summed E-state index contributed by atoms with van der Waals surface area (Å²) < 4.78 is 7.08. The van der Waals surface area contributed by atoms with Crippen LogP contribution in [0.1, 0.15) is 33.1 Å². The molecule has 1 saturated heterocycles. The Kier molecular flexibility index (Phi) is 7.96. The van der Waals surface area contributed by atoms with Gasteiger partial charge in [0.1, 0.15) is 23.3 Å². The molecule has 0 radical (unpaired) electrons. The maximum atomic E-state index is 13.0. The molecule has 10 nitrogen and oxygen atoms in total. The number of fused-ring (bicyclic) bond motifs is 1. The lowest BCUT2D eigenvalue weighted by molar-refractivity contribution is -0.125. The lowest BCUT2D eigenvalue weighted by Crippen LogP contribution is -2.43. The number of ether oxygens (including phenoxy) is 1. The number of anilines is 2. The number of carbonyl (C=O) groups excluding carboxylic acids is 2. The van der Waals surface area contributed by atoms with Crippen LogP contribution >= 0.6 is 11.3 Å². The minimum absolute atomic E-state index is 0.0664. The van der Waals surface area contributed by atoms with Crippen LogP contribution in [0.4, 0.5) is 10.8 Å². The summed E-state index contributed by atoms with van der Waals surface area (Å²) in [6, 6.07) is 7.04. The van der Waals surface area contributed by atoms with Gasteiger partial charge in [0.15, 0.2) is 10.8 Å². The van der Waals surface area contributed by atoms with Crippen molar-refractivity contribution in [3.05, 3.63) is 40.9 Å². The largest absolute Gasteiger partial charge is 0.494 e. The van der Waals surface area contributed by atoms with Gasteiger partial charge in [0.25, 0.3) is 5.56 Å². The Morgan fingerprint density at radius 1 is 1.23 bits per heavy atom. The predicted molar refractivity (Wildman–Crippen MR) is 136 cm³/mol. The molecule has 1 fully saturated rings. The SMILES string of the molecule is CCCNC(=O)[C@@H]1CCCN(c2nc3ncn(CC(=O)Nc4ccc(OCC)cc4)c(=O)c3s2)C1. The summed E-state index contributed by atoms with van der Waals surface area (Å²) in [5, 5.41) is 6.43. The smallest absolute Gasteiger partial charge is 0.273 e. The average Bonchev–Trinajstić information content (AvgIpc) is 3.31. The van der Waals surface area contributed by atoms with Crippen LogP contribution in [0.5, 0.6) is 5.75 Å². The Morgan fingerprint density at radius 3 is 2.77 bits per heavy atom. The van der Waals surface area contributed by atoms with E-state index in [0.29, 0.717) is 40.9 Å². The monoisotopic (exact) mass is 498 g/mol. The lowest BCUT2D eigenvalue weighted by atomic mass is 9.97. The van der Waals surface area contributed by atoms with E-state index < -0.39 is 0 Å². The van der Waals surface area contributed by atoms with E-state index >= 15 is 0 Å². The Labute approximate surface area is 207 Å². The minimum atomic E-state index is -0.334. The van der Waals surface area contributed by atoms with Gasteiger partial charge < -0.3 is 20.3 Å². The fourth-order valence-electron chi connectivity index (χ4n) is 4.00. The van der Waals surface area contributed by atoms with Crippen LogP contribution in [-0.2, 0) is 16.1 Å². The third kappa shape index (κ3) is 5.97. The summed E-state index contributed by atoms with van der Waals surface area (Å²) in [5.41, 5.74) is 0.661. The van der Waals surface area contributed by atoms with E-state index in [1.165, 1.54) is 22.2 Å². The van der Waals surface area contributed by atoms with Gasteiger partial charge in [-0.15, -0.1) is 0 Å². The van der Waals surface area contributed by atoms with Crippen molar-refractivity contribution < 1.29 is 14.3 Å². The van der Waals surface area contributed by atoms with E-state index in [0.717, 1.165) is 31.6 Å². The molecule has 0 bridgehead atoms. The number of carbonyl (C=O) groups is 2. The van der Waals surface area contributed by atoms with Gasteiger partial charge >= 0.3 is 0 Å². The van der Waals surface area contributed by atoms with Crippen molar-refractivity contribution in [1.29, 1.82) is 0 Å². The highest BCUT2D eigenvalue weighted by Crippen LogP contribution is 2.29. The molecular weight excluding hydrogens is 468 g/mol. The third-order valence-corrected chi connectivity index (χ3v) is 6.84. The average molecular weight is 499 g/mol. The van der Waals surface area contributed by atoms with Crippen LogP contribution in [0.25, 0.3) is 10.3 Å². The Balaban J connectivity index is 1.44. The highest BCUT2D eigenvalue weighted by Gasteiger charge is 2.27. The molecule has 3 heterocycles. The summed E-state index contributed by atoms with van der Waals surface area (Å²) in [6.45, 7) is 6.34. The van der Waals surface area contributed by atoms with E-state index in [1.54, 1.807) is 24.3 Å². The second kappa shape index (κ2) is 11.3. The molecule has 2 amide bonds. The van der Waals surface area contributed by atoms with Gasteiger partial charge in [0.2, 0.25) is 11.8 Å². The van der Waals surface area contributed by atoms with Crippen LogP contribution in [0.3, 0.4) is 0 Å². The van der Waals surface area contributed by atoms with Crippen molar-refractivity contribution in [2.45, 2.75) is 39.7 Å². The van der Waals surface area contributed by atoms with Gasteiger partial charge in [-0.2, -0.15) is 4.98 Å². The number of amides is 2. The first-order valence-corrected chi connectivity index (χ1v) is 12.7. The standard InChI is InChI=1S/C24H30N6O4S/c1-3-11-25-22(32)16-6-5-12-29(13-16)24-28-21-20(35-24)23(33)30(15-26-21)14-19(31)27-17-7-9-18(10-8-17)34-4-2/h7-10,15-16H,3-6,11-14H2,1-2H3,(H,25,32)(H,27,31)/t16-/m1/s1. The Hall–Kier alpha value is -3.47. The second-order valence-electron chi connectivity index (χ2n) is 8.41. The summed E-state index contributed by atoms with van der Waals surface area (Å²) in [7, 11) is 0. The molecule has 0 aliphatic carbocycles. The van der Waals surface area contributed by atoms with Crippen LogP contribution in [0, 0.1) is 5.92 Å². The molecular formula is C24H30N6O4S. The van der Waals surface area contributed by atoms with Crippen molar-refractivity contribution >= 4 is 44.3 Å². The van der Waals surface area contributed by atoms with Crippen LogP contribution in [-0.4, -0.2) is 52.6 Å². The molecule has 0 spiro atoms. The predicted octanol–water partition coefficient (Wildman–Crippen LogP) is 2.63. The van der Waals surface area contributed by atoms with Gasteiger partial charge in [-0.1, -0.05) is 18.3 Å². The van der Waals surface area contributed by atoms with Crippen molar-refractivity contribution in [2.24, 2.45) is 5.92 Å². The van der Waals surface area contributed by atoms with Gasteiger partial charge in [-0.25, -0.2) is 4.98 Å². The Bertz CT molecular complexity index is 1240. The number of benzene rings is 1. The lowest BCUT2D eigenvalue weighted by Gasteiger charge is -2.31. The number of piperidine rings is 1. The van der Waals surface area contributed by atoms with Gasteiger partial charge in [0, 0.05) is 25.3 Å². The van der Waals surface area contributed by atoms with Crippen LogP contribution in [0.15, 0.2) is 35.4 Å². The van der Waals surface area contributed by atoms with E-state index in [1.807, 2.05) is 13.8 Å². The number of thiazole rings is 1. The fraction of sp³-hybridized carbons (Fsp3) is 0.458. The number of rotatable bonds is 9. The molecule has 35 heavy (non-hydrogen) atoms. The van der Waals surface area contributed by atoms with Crippen molar-refractivity contribution in [1.82, 2.24) is 19.9 Å². The quantitative estimate of drug-likeness (QED) is 0.466. The molecule has 1 aromatic carbocycles. The molecule has 2 N–H and O–H groups in total. The maximum absolute atomic E-state index is 13.0. The van der Waals surface area contributed by atoms with E-state index in [4.69, 9.17) is 4.74 Å². The van der Waals surface area contributed by atoms with Crippen LogP contribution < -0.4 is 25.8 Å². The Morgan fingerprint density at radius 2 is 2.03 bits per heavy atom. The number of hydrogen-bond acceptors (Lipinski definition) is 8. The normalized spacial score (nSPS) is 15.7. The van der Waals surface area contributed by atoms with Gasteiger partial charge in [-0.3, -0.25) is 19.0 Å². The molecule has 186 valence electrons. The maximum Gasteiger partial charge on any atom is 0.273 e. The van der Waals surface area contributed by atoms with Crippen molar-refractivity contribution in [3.8, 4) is 5.75 Å². The topological polar surface area (TPSA) is 118 Å². The van der Waals surface area contributed by atoms with Crippen molar-refractivity contribution in [2.75, 3.05) is 36.5 Å². The second-order valence-corrected chi connectivity index (χ2v) is 9.39. The zero-order valence-electron chi connectivity index (χ0n) is 20.0. The first-order valence-electron chi connectivity index (χ1n) is 11.9. The summed E-state index contributed by atoms with van der Waals surface area (Å²) >= 11 is 1.26. The molecule has 2 aromatic heterocycles. The minimum Gasteiger partial charge on any atom is -0.494 e. The molecule has 11 heteroatoms. The van der Waals surface area contributed by atoms with Crippen LogP contribution in [0.2, 0.25) is 0 Å². The summed E-state index contributed by atoms with van der Waals surface area (Å²) in [5.74, 6) is 0.355. The molecule has 1 aliphatic rings. The highest BCUT2D eigenvalue weighted by molar-refractivity contribution is 7.22. The van der Waals surface area contributed by atoms with Gasteiger partial charge in [0.05, 0.1) is 12.5 Å². The number of nitrogens with zero attached hydrogens (tertiary/aromatic N) is 4. The zero-order valence-corrected chi connectivity index (χ0v) is 20.8. The first-order chi connectivity index (χ1) is 17.0.